The topological polar surface area (TPSA) is 45.4 Å². The number of nitrogens with zero attached hydrogens (tertiary/aromatic N) is 2. The van der Waals surface area contributed by atoms with Crippen molar-refractivity contribution in [3.8, 4) is 11.8 Å². The molecule has 0 radical (unpaired) electrons. The lowest BCUT2D eigenvalue weighted by molar-refractivity contribution is 0.304. The maximum atomic E-state index is 9.07. The van der Waals surface area contributed by atoms with E-state index in [-0.39, 0.29) is 0 Å². The highest BCUT2D eigenvalue weighted by molar-refractivity contribution is 5.82. The van der Waals surface area contributed by atoms with Crippen molar-refractivity contribution in [1.82, 2.24) is 0 Å². The number of para-hydroxylation sites is 1. The summed E-state index contributed by atoms with van der Waals surface area (Å²) in [6, 6.07) is 17.4. The van der Waals surface area contributed by atoms with E-state index in [1.54, 1.807) is 12.3 Å². The Morgan fingerprint density at radius 2 is 1.68 bits per heavy atom. The van der Waals surface area contributed by atoms with E-state index in [1.165, 1.54) is 32.1 Å². The molecule has 2 rings (SSSR count). The monoisotopic (exact) mass is 334 g/mol. The molecule has 2 aromatic rings. The van der Waals surface area contributed by atoms with E-state index < -0.39 is 0 Å². The summed E-state index contributed by atoms with van der Waals surface area (Å²) < 4.78 is 5.78. The molecule has 0 heterocycles. The predicted octanol–water partition coefficient (Wildman–Crippen LogP) is 6.05. The Morgan fingerprint density at radius 3 is 2.44 bits per heavy atom. The van der Waals surface area contributed by atoms with Gasteiger partial charge in [0.2, 0.25) is 0 Å². The SMILES string of the molecule is CCCCCCCCOc1ccc(/C=N\c2ccccc2C#N)cc1. The minimum Gasteiger partial charge on any atom is -0.494 e. The van der Waals surface area contributed by atoms with Gasteiger partial charge < -0.3 is 4.74 Å². The zero-order chi connectivity index (χ0) is 17.7. The minimum atomic E-state index is 0.581. The minimum absolute atomic E-state index is 0.581. The second-order valence-corrected chi connectivity index (χ2v) is 6.07. The first-order chi connectivity index (χ1) is 12.3. The van der Waals surface area contributed by atoms with E-state index in [1.807, 2.05) is 42.5 Å². The number of ether oxygens (including phenoxy) is 1. The summed E-state index contributed by atoms with van der Waals surface area (Å²) in [7, 11) is 0. The van der Waals surface area contributed by atoms with Gasteiger partial charge in [0.05, 0.1) is 17.9 Å². The van der Waals surface area contributed by atoms with E-state index in [0.717, 1.165) is 24.3 Å². The van der Waals surface area contributed by atoms with Gasteiger partial charge in [0.15, 0.2) is 0 Å². The lowest BCUT2D eigenvalue weighted by Crippen LogP contribution is -1.97. The van der Waals surface area contributed by atoms with E-state index >= 15 is 0 Å². The first-order valence-electron chi connectivity index (χ1n) is 9.09. The third kappa shape index (κ3) is 6.81. The fraction of sp³-hybridized carbons (Fsp3) is 0.364. The number of rotatable bonds is 10. The molecule has 0 saturated heterocycles. The summed E-state index contributed by atoms with van der Waals surface area (Å²) in [5.74, 6) is 0.892. The molecule has 0 aliphatic rings. The molecule has 2 aromatic carbocycles. The maximum Gasteiger partial charge on any atom is 0.119 e. The van der Waals surface area contributed by atoms with Crippen LogP contribution in [0.1, 0.15) is 56.6 Å². The van der Waals surface area contributed by atoms with Crippen molar-refractivity contribution in [1.29, 1.82) is 5.26 Å². The quantitative estimate of drug-likeness (QED) is 0.392. The van der Waals surface area contributed by atoms with Crippen molar-refractivity contribution < 1.29 is 4.74 Å². The van der Waals surface area contributed by atoms with E-state index in [0.29, 0.717) is 11.3 Å². The van der Waals surface area contributed by atoms with Gasteiger partial charge in [0.25, 0.3) is 0 Å². The van der Waals surface area contributed by atoms with Gasteiger partial charge in [0.1, 0.15) is 11.8 Å². The van der Waals surface area contributed by atoms with Crippen molar-refractivity contribution in [2.24, 2.45) is 4.99 Å². The van der Waals surface area contributed by atoms with Crippen molar-refractivity contribution in [2.45, 2.75) is 45.4 Å². The number of hydrogen-bond donors (Lipinski definition) is 0. The van der Waals surface area contributed by atoms with E-state index in [2.05, 4.69) is 18.0 Å². The van der Waals surface area contributed by atoms with Crippen LogP contribution in [0.2, 0.25) is 0 Å². The Morgan fingerprint density at radius 1 is 0.960 bits per heavy atom. The molecule has 0 fully saturated rings. The summed E-state index contributed by atoms with van der Waals surface area (Å²) in [6.07, 6.45) is 9.38. The Balaban J connectivity index is 1.78. The predicted molar refractivity (Wildman–Crippen MR) is 104 cm³/mol. The van der Waals surface area contributed by atoms with E-state index in [9.17, 15) is 0 Å². The Bertz CT molecular complexity index is 699. The summed E-state index contributed by atoms with van der Waals surface area (Å²) in [4.78, 5) is 4.40. The van der Waals surface area contributed by atoms with Gasteiger partial charge in [-0.1, -0.05) is 51.2 Å². The average Bonchev–Trinajstić information content (AvgIpc) is 2.67. The first-order valence-corrected chi connectivity index (χ1v) is 9.09. The smallest absolute Gasteiger partial charge is 0.119 e. The molecule has 0 N–H and O–H groups in total. The van der Waals surface area contributed by atoms with Crippen LogP contribution in [0.15, 0.2) is 53.5 Å². The van der Waals surface area contributed by atoms with Gasteiger partial charge >= 0.3 is 0 Å². The molecular weight excluding hydrogens is 308 g/mol. The number of benzene rings is 2. The van der Waals surface area contributed by atoms with Crippen LogP contribution in [0.5, 0.6) is 5.75 Å². The molecular formula is C22H26N2O. The van der Waals surface area contributed by atoms with Crippen LogP contribution in [0.25, 0.3) is 0 Å². The molecule has 0 saturated carbocycles. The van der Waals surface area contributed by atoms with Gasteiger partial charge in [-0.25, -0.2) is 0 Å². The van der Waals surface area contributed by atoms with Crippen LogP contribution in [0.3, 0.4) is 0 Å². The molecule has 3 nitrogen and oxygen atoms in total. The van der Waals surface area contributed by atoms with Crippen molar-refractivity contribution in [3.05, 3.63) is 59.7 Å². The number of unbranched alkanes of at least 4 members (excludes halogenated alkanes) is 5. The van der Waals surface area contributed by atoms with Crippen LogP contribution in [0, 0.1) is 11.3 Å². The average molecular weight is 334 g/mol. The highest BCUT2D eigenvalue weighted by Gasteiger charge is 1.98. The molecule has 25 heavy (non-hydrogen) atoms. The maximum absolute atomic E-state index is 9.07. The lowest BCUT2D eigenvalue weighted by Gasteiger charge is -2.06. The van der Waals surface area contributed by atoms with E-state index in [4.69, 9.17) is 10.00 Å². The Labute approximate surface area is 151 Å². The highest BCUT2D eigenvalue weighted by Crippen LogP contribution is 2.18. The van der Waals surface area contributed by atoms with Crippen LogP contribution >= 0.6 is 0 Å². The summed E-state index contributed by atoms with van der Waals surface area (Å²) in [5, 5.41) is 9.07. The molecule has 0 spiro atoms. The van der Waals surface area contributed by atoms with Crippen molar-refractivity contribution in [3.63, 3.8) is 0 Å². The number of nitriles is 1. The third-order valence-electron chi connectivity index (χ3n) is 4.02. The summed E-state index contributed by atoms with van der Waals surface area (Å²) >= 11 is 0. The Kier molecular flexibility index (Phi) is 8.27. The molecule has 130 valence electrons. The van der Waals surface area contributed by atoms with Gasteiger partial charge in [-0.2, -0.15) is 5.26 Å². The van der Waals surface area contributed by atoms with Gasteiger partial charge in [-0.05, 0) is 48.4 Å². The number of hydrogen-bond acceptors (Lipinski definition) is 3. The second-order valence-electron chi connectivity index (χ2n) is 6.07. The fourth-order valence-electron chi connectivity index (χ4n) is 2.55. The van der Waals surface area contributed by atoms with Crippen LogP contribution in [0.4, 0.5) is 5.69 Å². The third-order valence-corrected chi connectivity index (χ3v) is 4.02. The standard InChI is InChI=1S/C22H26N2O/c1-2-3-4-5-6-9-16-25-21-14-12-19(13-15-21)18-24-22-11-8-7-10-20(22)17-23/h7-8,10-15,18H,2-6,9,16H2,1H3/b24-18-. The zero-order valence-electron chi connectivity index (χ0n) is 14.9. The second kappa shape index (κ2) is 11.0. The lowest BCUT2D eigenvalue weighted by atomic mass is 10.1. The number of aliphatic imine (C=N–C) groups is 1. The van der Waals surface area contributed by atoms with Crippen molar-refractivity contribution >= 4 is 11.9 Å². The molecule has 0 aromatic heterocycles. The summed E-state index contributed by atoms with van der Waals surface area (Å²) in [5.41, 5.74) is 2.26. The van der Waals surface area contributed by atoms with Crippen LogP contribution < -0.4 is 4.74 Å². The van der Waals surface area contributed by atoms with Gasteiger partial charge in [-0.3, -0.25) is 4.99 Å². The van der Waals surface area contributed by atoms with Crippen LogP contribution in [-0.2, 0) is 0 Å². The normalized spacial score (nSPS) is 10.7. The van der Waals surface area contributed by atoms with Crippen LogP contribution in [-0.4, -0.2) is 12.8 Å². The molecule has 0 amide bonds. The summed E-state index contributed by atoms with van der Waals surface area (Å²) in [6.45, 7) is 3.01. The largest absolute Gasteiger partial charge is 0.494 e. The van der Waals surface area contributed by atoms with Gasteiger partial charge in [-0.15, -0.1) is 0 Å². The highest BCUT2D eigenvalue weighted by atomic mass is 16.5. The van der Waals surface area contributed by atoms with Crippen molar-refractivity contribution in [2.75, 3.05) is 6.61 Å². The first kappa shape index (κ1) is 18.7. The van der Waals surface area contributed by atoms with Gasteiger partial charge in [0, 0.05) is 6.21 Å². The molecule has 0 aliphatic carbocycles. The fourth-order valence-corrected chi connectivity index (χ4v) is 2.55. The molecule has 0 atom stereocenters. The molecule has 0 bridgehead atoms. The molecule has 3 heteroatoms. The Hall–Kier alpha value is -2.60. The molecule has 0 unspecified atom stereocenters. The molecule has 0 aliphatic heterocycles. The zero-order valence-corrected chi connectivity index (χ0v) is 14.9.